The zero-order valence-electron chi connectivity index (χ0n) is 7.21. The van der Waals surface area contributed by atoms with E-state index >= 15 is 0 Å². The van der Waals surface area contributed by atoms with Crippen molar-refractivity contribution in [3.63, 3.8) is 0 Å². The summed E-state index contributed by atoms with van der Waals surface area (Å²) in [7, 11) is 0. The maximum atomic E-state index is 5.26. The normalized spacial score (nSPS) is 20.5. The number of rotatable bonds is 4. The molecule has 1 heterocycles. The summed E-state index contributed by atoms with van der Waals surface area (Å²) in [5, 5.41) is 0. The quantitative estimate of drug-likeness (QED) is 0.593. The lowest BCUT2D eigenvalue weighted by atomic mass is 10.4. The molecule has 0 unspecified atom stereocenters. The molecular formula is C8H17NOS. The fourth-order valence-electron chi connectivity index (χ4n) is 1.26. The van der Waals surface area contributed by atoms with Crippen molar-refractivity contribution in [2.75, 3.05) is 44.9 Å². The summed E-state index contributed by atoms with van der Waals surface area (Å²) in [4.78, 5) is 2.49. The Balaban J connectivity index is 1.96. The second kappa shape index (κ2) is 5.86. The third-order valence-corrected chi connectivity index (χ3v) is 2.62. The lowest BCUT2D eigenvalue weighted by Crippen LogP contribution is -2.36. The number of hydrogen-bond donors (Lipinski definition) is 0. The summed E-state index contributed by atoms with van der Waals surface area (Å²) in [6.45, 7) is 5.38. The highest BCUT2D eigenvalue weighted by molar-refractivity contribution is 7.98. The van der Waals surface area contributed by atoms with Crippen molar-refractivity contribution in [1.82, 2.24) is 4.90 Å². The van der Waals surface area contributed by atoms with Crippen LogP contribution in [0.2, 0.25) is 0 Å². The van der Waals surface area contributed by atoms with Crippen molar-refractivity contribution in [3.05, 3.63) is 0 Å². The van der Waals surface area contributed by atoms with Gasteiger partial charge < -0.3 is 4.74 Å². The van der Waals surface area contributed by atoms with Crippen LogP contribution >= 0.6 is 11.8 Å². The molecule has 1 aliphatic rings. The van der Waals surface area contributed by atoms with Crippen molar-refractivity contribution in [1.29, 1.82) is 0 Å². The molecule has 1 saturated heterocycles. The lowest BCUT2D eigenvalue weighted by molar-refractivity contribution is 0.0381. The van der Waals surface area contributed by atoms with Crippen LogP contribution in [-0.2, 0) is 4.74 Å². The molecule has 0 atom stereocenters. The predicted molar refractivity (Wildman–Crippen MR) is 50.3 cm³/mol. The Morgan fingerprint density at radius 2 is 2.09 bits per heavy atom. The molecule has 2 nitrogen and oxygen atoms in total. The van der Waals surface area contributed by atoms with E-state index in [9.17, 15) is 0 Å². The van der Waals surface area contributed by atoms with Crippen LogP contribution in [-0.4, -0.2) is 49.8 Å². The highest BCUT2D eigenvalue weighted by Gasteiger charge is 2.08. The standard InChI is InChI=1S/C8H17NOS/c1-11-8-2-3-9-4-6-10-7-5-9/h2-8H2,1H3. The van der Waals surface area contributed by atoms with Gasteiger partial charge >= 0.3 is 0 Å². The van der Waals surface area contributed by atoms with Crippen LogP contribution in [0.3, 0.4) is 0 Å². The molecule has 1 rings (SSSR count). The van der Waals surface area contributed by atoms with Gasteiger partial charge in [0.1, 0.15) is 0 Å². The zero-order chi connectivity index (χ0) is 7.94. The van der Waals surface area contributed by atoms with Gasteiger partial charge in [0.2, 0.25) is 0 Å². The van der Waals surface area contributed by atoms with Crippen LogP contribution in [0, 0.1) is 0 Å². The molecule has 3 heteroatoms. The Labute approximate surface area is 73.3 Å². The number of nitrogens with zero attached hydrogens (tertiary/aromatic N) is 1. The van der Waals surface area contributed by atoms with Crippen LogP contribution in [0.1, 0.15) is 6.42 Å². The fraction of sp³-hybridized carbons (Fsp3) is 1.00. The first-order chi connectivity index (χ1) is 5.43. The largest absolute Gasteiger partial charge is 0.379 e. The first-order valence-corrected chi connectivity index (χ1v) is 5.62. The Bertz CT molecular complexity index is 94.1. The molecule has 0 bridgehead atoms. The highest BCUT2D eigenvalue weighted by Crippen LogP contribution is 2.01. The SMILES string of the molecule is CSCCCN1CCOCC1. The maximum absolute atomic E-state index is 5.26. The topological polar surface area (TPSA) is 12.5 Å². The molecule has 0 spiro atoms. The highest BCUT2D eigenvalue weighted by atomic mass is 32.2. The molecule has 11 heavy (non-hydrogen) atoms. The summed E-state index contributed by atoms with van der Waals surface area (Å²) < 4.78 is 5.26. The van der Waals surface area contributed by atoms with E-state index in [1.807, 2.05) is 11.8 Å². The molecule has 0 radical (unpaired) electrons. The number of hydrogen-bond acceptors (Lipinski definition) is 3. The van der Waals surface area contributed by atoms with Crippen LogP contribution < -0.4 is 0 Å². The summed E-state index contributed by atoms with van der Waals surface area (Å²) in [5.74, 6) is 1.29. The van der Waals surface area contributed by atoms with Crippen LogP contribution in [0.15, 0.2) is 0 Å². The van der Waals surface area contributed by atoms with E-state index in [2.05, 4.69) is 11.2 Å². The van der Waals surface area contributed by atoms with Gasteiger partial charge in [0.05, 0.1) is 13.2 Å². The lowest BCUT2D eigenvalue weighted by Gasteiger charge is -2.26. The van der Waals surface area contributed by atoms with Crippen molar-refractivity contribution in [2.45, 2.75) is 6.42 Å². The smallest absolute Gasteiger partial charge is 0.0594 e. The molecule has 0 aliphatic carbocycles. The number of morpholine rings is 1. The molecular weight excluding hydrogens is 158 g/mol. The molecule has 0 aromatic rings. The molecule has 0 saturated carbocycles. The summed E-state index contributed by atoms with van der Waals surface area (Å²) >= 11 is 1.93. The minimum atomic E-state index is 0.930. The zero-order valence-corrected chi connectivity index (χ0v) is 8.03. The van der Waals surface area contributed by atoms with Gasteiger partial charge in [-0.2, -0.15) is 11.8 Å². The third-order valence-electron chi connectivity index (χ3n) is 1.93. The first-order valence-electron chi connectivity index (χ1n) is 4.22. The van der Waals surface area contributed by atoms with E-state index in [-0.39, 0.29) is 0 Å². The predicted octanol–water partition coefficient (Wildman–Crippen LogP) is 1.07. The minimum absolute atomic E-state index is 0.930. The van der Waals surface area contributed by atoms with Gasteiger partial charge in [-0.3, -0.25) is 4.90 Å². The second-order valence-corrected chi connectivity index (χ2v) is 3.79. The minimum Gasteiger partial charge on any atom is -0.379 e. The fourth-order valence-corrected chi connectivity index (χ4v) is 1.68. The Kier molecular flexibility index (Phi) is 4.99. The average Bonchev–Trinajstić information content (AvgIpc) is 2.07. The molecule has 0 N–H and O–H groups in total. The van der Waals surface area contributed by atoms with Gasteiger partial charge in [0, 0.05) is 13.1 Å². The second-order valence-electron chi connectivity index (χ2n) is 2.80. The summed E-state index contributed by atoms with van der Waals surface area (Å²) in [6.07, 6.45) is 3.49. The first kappa shape index (κ1) is 9.36. The van der Waals surface area contributed by atoms with E-state index in [0.717, 1.165) is 26.3 Å². The van der Waals surface area contributed by atoms with Crippen LogP contribution in [0.4, 0.5) is 0 Å². The van der Waals surface area contributed by atoms with E-state index in [1.54, 1.807) is 0 Å². The van der Waals surface area contributed by atoms with E-state index in [4.69, 9.17) is 4.74 Å². The summed E-state index contributed by atoms with van der Waals surface area (Å²) in [6, 6.07) is 0. The third kappa shape index (κ3) is 3.99. The summed E-state index contributed by atoms with van der Waals surface area (Å²) in [5.41, 5.74) is 0. The molecule has 1 aliphatic heterocycles. The number of thioether (sulfide) groups is 1. The van der Waals surface area contributed by atoms with E-state index in [1.165, 1.54) is 18.7 Å². The van der Waals surface area contributed by atoms with Crippen LogP contribution in [0.25, 0.3) is 0 Å². The Morgan fingerprint density at radius 3 is 2.73 bits per heavy atom. The van der Waals surface area contributed by atoms with Gasteiger partial charge in [-0.15, -0.1) is 0 Å². The Morgan fingerprint density at radius 1 is 1.36 bits per heavy atom. The van der Waals surface area contributed by atoms with Gasteiger partial charge in [0.25, 0.3) is 0 Å². The van der Waals surface area contributed by atoms with Crippen molar-refractivity contribution in [3.8, 4) is 0 Å². The van der Waals surface area contributed by atoms with Crippen LogP contribution in [0.5, 0.6) is 0 Å². The maximum Gasteiger partial charge on any atom is 0.0594 e. The van der Waals surface area contributed by atoms with Crippen molar-refractivity contribution in [2.24, 2.45) is 0 Å². The van der Waals surface area contributed by atoms with Gasteiger partial charge in [0.15, 0.2) is 0 Å². The molecule has 66 valence electrons. The number of ether oxygens (including phenoxy) is 1. The van der Waals surface area contributed by atoms with E-state index in [0.29, 0.717) is 0 Å². The molecule has 0 aromatic heterocycles. The van der Waals surface area contributed by atoms with Crippen molar-refractivity contribution >= 4 is 11.8 Å². The van der Waals surface area contributed by atoms with E-state index < -0.39 is 0 Å². The Hall–Kier alpha value is 0.270. The van der Waals surface area contributed by atoms with Gasteiger partial charge in [-0.25, -0.2) is 0 Å². The van der Waals surface area contributed by atoms with Gasteiger partial charge in [-0.1, -0.05) is 0 Å². The molecule has 1 fully saturated rings. The molecule has 0 amide bonds. The molecule has 0 aromatic carbocycles. The average molecular weight is 175 g/mol. The van der Waals surface area contributed by atoms with Gasteiger partial charge in [-0.05, 0) is 25.0 Å². The monoisotopic (exact) mass is 175 g/mol. The van der Waals surface area contributed by atoms with Crippen molar-refractivity contribution < 1.29 is 4.74 Å².